The second-order valence-electron chi connectivity index (χ2n) is 4.74. The van der Waals surface area contributed by atoms with Gasteiger partial charge in [-0.1, -0.05) is 18.2 Å². The number of hydrogen-bond donors (Lipinski definition) is 4. The van der Waals surface area contributed by atoms with Gasteiger partial charge in [0, 0.05) is 18.3 Å². The van der Waals surface area contributed by atoms with E-state index in [1.807, 2.05) is 25.1 Å². The number of para-hydroxylation sites is 1. The average molecular weight is 278 g/mol. The topological polar surface area (TPSA) is 96.2 Å². The van der Waals surface area contributed by atoms with E-state index in [1.54, 1.807) is 19.1 Å². The average Bonchev–Trinajstić information content (AvgIpc) is 2.39. The van der Waals surface area contributed by atoms with Crippen molar-refractivity contribution in [2.45, 2.75) is 32.4 Å². The molecule has 1 rings (SSSR count). The van der Waals surface area contributed by atoms with Crippen molar-refractivity contribution in [3.63, 3.8) is 0 Å². The summed E-state index contributed by atoms with van der Waals surface area (Å²) in [4.78, 5) is 23.4. The number of carbonyl (C=O) groups is 2. The van der Waals surface area contributed by atoms with Gasteiger partial charge >= 0.3 is 6.03 Å². The van der Waals surface area contributed by atoms with Crippen LogP contribution in [-0.2, 0) is 4.79 Å². The van der Waals surface area contributed by atoms with Gasteiger partial charge in [-0.15, -0.1) is 0 Å². The number of carbonyl (C=O) groups excluding carboxylic acids is 2. The van der Waals surface area contributed by atoms with E-state index in [1.165, 1.54) is 0 Å². The summed E-state index contributed by atoms with van der Waals surface area (Å²) in [6.45, 7) is 4.01. The quantitative estimate of drug-likeness (QED) is 0.626. The fourth-order valence-electron chi connectivity index (χ4n) is 1.53. The van der Waals surface area contributed by atoms with Gasteiger partial charge in [0.2, 0.25) is 5.91 Å². The molecule has 0 saturated carbocycles. The summed E-state index contributed by atoms with van der Waals surface area (Å²) >= 11 is 0. The number of benzene rings is 1. The third-order valence-electron chi connectivity index (χ3n) is 2.67. The third kappa shape index (κ3) is 6.19. The van der Waals surface area contributed by atoms with Crippen LogP contribution in [0.5, 0.6) is 0 Å². The number of amides is 3. The van der Waals surface area contributed by atoms with Crippen molar-refractivity contribution in [2.75, 3.05) is 11.9 Å². The summed E-state index contributed by atoms with van der Waals surface area (Å²) in [6.07, 6.45) is 0.703. The predicted molar refractivity (Wildman–Crippen MR) is 79.3 cm³/mol. The Balaban J connectivity index is 2.32. The molecule has 0 aliphatic rings. The van der Waals surface area contributed by atoms with Crippen molar-refractivity contribution in [2.24, 2.45) is 5.73 Å². The molecule has 0 bridgehead atoms. The Morgan fingerprint density at radius 3 is 2.45 bits per heavy atom. The molecule has 0 fully saturated rings. The van der Waals surface area contributed by atoms with E-state index in [4.69, 9.17) is 5.73 Å². The Hall–Kier alpha value is -2.08. The number of hydrogen-bond acceptors (Lipinski definition) is 3. The highest BCUT2D eigenvalue weighted by molar-refractivity contribution is 5.93. The zero-order chi connectivity index (χ0) is 15.0. The minimum atomic E-state index is -0.605. The van der Waals surface area contributed by atoms with Crippen molar-refractivity contribution in [3.8, 4) is 0 Å². The van der Waals surface area contributed by atoms with Crippen LogP contribution in [0.15, 0.2) is 30.3 Å². The number of nitrogens with two attached hydrogens (primary N) is 1. The molecule has 3 amide bonds. The van der Waals surface area contributed by atoms with Crippen molar-refractivity contribution < 1.29 is 9.59 Å². The van der Waals surface area contributed by atoms with Crippen LogP contribution in [0.3, 0.4) is 0 Å². The van der Waals surface area contributed by atoms with Gasteiger partial charge in [0.1, 0.15) is 6.04 Å². The van der Waals surface area contributed by atoms with Gasteiger partial charge in [-0.25, -0.2) is 4.79 Å². The van der Waals surface area contributed by atoms with Crippen molar-refractivity contribution in [1.82, 2.24) is 10.6 Å². The van der Waals surface area contributed by atoms with E-state index in [9.17, 15) is 9.59 Å². The highest BCUT2D eigenvalue weighted by Crippen LogP contribution is 2.04. The summed E-state index contributed by atoms with van der Waals surface area (Å²) < 4.78 is 0. The first-order chi connectivity index (χ1) is 9.49. The number of anilines is 1. The number of nitrogens with one attached hydrogen (secondary N) is 3. The summed E-state index contributed by atoms with van der Waals surface area (Å²) in [5.41, 5.74) is 6.27. The van der Waals surface area contributed by atoms with Gasteiger partial charge in [-0.2, -0.15) is 0 Å². The molecule has 6 heteroatoms. The molecule has 1 aromatic carbocycles. The molecule has 6 nitrogen and oxygen atoms in total. The van der Waals surface area contributed by atoms with Crippen molar-refractivity contribution in [1.29, 1.82) is 0 Å². The van der Waals surface area contributed by atoms with Crippen LogP contribution in [0.25, 0.3) is 0 Å². The van der Waals surface area contributed by atoms with Gasteiger partial charge < -0.3 is 21.7 Å². The molecule has 0 spiro atoms. The summed E-state index contributed by atoms with van der Waals surface area (Å²) in [6, 6.07) is 8.06. The minimum Gasteiger partial charge on any atom is -0.354 e. The molecule has 5 N–H and O–H groups in total. The maximum absolute atomic E-state index is 11.7. The van der Waals surface area contributed by atoms with E-state index in [2.05, 4.69) is 16.0 Å². The lowest BCUT2D eigenvalue weighted by Gasteiger charge is -2.15. The van der Waals surface area contributed by atoms with E-state index in [0.29, 0.717) is 18.7 Å². The zero-order valence-electron chi connectivity index (χ0n) is 11.8. The molecular formula is C14H22N4O2. The first-order valence-corrected chi connectivity index (χ1v) is 6.65. The lowest BCUT2D eigenvalue weighted by Crippen LogP contribution is -2.46. The first kappa shape index (κ1) is 16.0. The van der Waals surface area contributed by atoms with Crippen LogP contribution in [0.4, 0.5) is 10.5 Å². The van der Waals surface area contributed by atoms with Crippen molar-refractivity contribution in [3.05, 3.63) is 30.3 Å². The molecule has 110 valence electrons. The van der Waals surface area contributed by atoms with Gasteiger partial charge in [0.05, 0.1) is 0 Å². The fourth-order valence-corrected chi connectivity index (χ4v) is 1.53. The second-order valence-corrected chi connectivity index (χ2v) is 4.74. The monoisotopic (exact) mass is 278 g/mol. The van der Waals surface area contributed by atoms with E-state index in [0.717, 1.165) is 0 Å². The Bertz CT molecular complexity index is 434. The Morgan fingerprint density at radius 1 is 1.20 bits per heavy atom. The molecule has 0 heterocycles. The highest BCUT2D eigenvalue weighted by atomic mass is 16.2. The van der Waals surface area contributed by atoms with Crippen LogP contribution in [-0.4, -0.2) is 30.6 Å². The van der Waals surface area contributed by atoms with E-state index in [-0.39, 0.29) is 11.9 Å². The Kier molecular flexibility index (Phi) is 6.52. The summed E-state index contributed by atoms with van der Waals surface area (Å²) in [7, 11) is 0. The largest absolute Gasteiger partial charge is 0.354 e. The molecule has 20 heavy (non-hydrogen) atoms. The molecule has 0 aliphatic heterocycles. The Morgan fingerprint density at radius 2 is 1.85 bits per heavy atom. The number of rotatable bonds is 6. The maximum atomic E-state index is 11.7. The molecule has 0 radical (unpaired) electrons. The zero-order valence-corrected chi connectivity index (χ0v) is 11.8. The lowest BCUT2D eigenvalue weighted by atomic mass is 10.2. The van der Waals surface area contributed by atoms with E-state index >= 15 is 0 Å². The van der Waals surface area contributed by atoms with Gasteiger partial charge in [0.15, 0.2) is 0 Å². The smallest absolute Gasteiger partial charge is 0.319 e. The van der Waals surface area contributed by atoms with Crippen LogP contribution >= 0.6 is 0 Å². The van der Waals surface area contributed by atoms with Crippen LogP contribution in [0.2, 0.25) is 0 Å². The normalized spacial score (nSPS) is 13.2. The highest BCUT2D eigenvalue weighted by Gasteiger charge is 2.14. The summed E-state index contributed by atoms with van der Waals surface area (Å²) in [5, 5.41) is 7.95. The predicted octanol–water partition coefficient (Wildman–Crippen LogP) is 1.05. The first-order valence-electron chi connectivity index (χ1n) is 6.65. The standard InChI is InChI=1S/C14H22N4O2/c1-10(15)8-9-16-13(19)11(2)17-14(20)18-12-6-4-3-5-7-12/h3-7,10-11H,8-9,15H2,1-2H3,(H,16,19)(H2,17,18,20). The maximum Gasteiger partial charge on any atom is 0.319 e. The molecule has 0 aliphatic carbocycles. The fraction of sp³-hybridized carbons (Fsp3) is 0.429. The second kappa shape index (κ2) is 8.16. The van der Waals surface area contributed by atoms with Gasteiger partial charge in [-0.05, 0) is 32.4 Å². The molecule has 2 unspecified atom stereocenters. The van der Waals surface area contributed by atoms with Crippen molar-refractivity contribution >= 4 is 17.6 Å². The van der Waals surface area contributed by atoms with Gasteiger partial charge in [-0.3, -0.25) is 4.79 Å². The van der Waals surface area contributed by atoms with E-state index < -0.39 is 12.1 Å². The van der Waals surface area contributed by atoms with Crippen LogP contribution in [0.1, 0.15) is 20.3 Å². The molecule has 1 aromatic rings. The molecule has 2 atom stereocenters. The molecule has 0 aromatic heterocycles. The van der Waals surface area contributed by atoms with Crippen LogP contribution < -0.4 is 21.7 Å². The Labute approximate surface area is 119 Å². The lowest BCUT2D eigenvalue weighted by molar-refractivity contribution is -0.122. The van der Waals surface area contributed by atoms with Gasteiger partial charge in [0.25, 0.3) is 0 Å². The summed E-state index contributed by atoms with van der Waals surface area (Å²) in [5.74, 6) is -0.228. The minimum absolute atomic E-state index is 0.0416. The SMILES string of the molecule is CC(N)CCNC(=O)C(C)NC(=O)Nc1ccccc1. The number of urea groups is 1. The van der Waals surface area contributed by atoms with Crippen LogP contribution in [0, 0.1) is 0 Å². The third-order valence-corrected chi connectivity index (χ3v) is 2.67. The molecular weight excluding hydrogens is 256 g/mol. The molecule has 0 saturated heterocycles.